The number of ether oxygens (including phenoxy) is 1. The number of alkyl halides is 3. The highest BCUT2D eigenvalue weighted by Gasteiger charge is 2.32. The molecule has 4 rings (SSSR count). The number of hydrogen-bond acceptors (Lipinski definition) is 6. The smallest absolute Gasteiger partial charge is 0.416 e. The molecule has 168 valence electrons. The largest absolute Gasteiger partial charge is 0.469 e. The first kappa shape index (κ1) is 21.9. The van der Waals surface area contributed by atoms with E-state index in [-0.39, 0.29) is 39.9 Å². The molecule has 2 heterocycles. The molecular formula is C21H17F3N2O5S. The summed E-state index contributed by atoms with van der Waals surface area (Å²) in [5, 5.41) is 0.0832. The van der Waals surface area contributed by atoms with Crippen LogP contribution in [0.15, 0.2) is 51.8 Å². The fraction of sp³-hybridized carbons (Fsp3) is 0.238. The molecule has 0 amide bonds. The van der Waals surface area contributed by atoms with Gasteiger partial charge in [0.15, 0.2) is 11.5 Å². The average molecular weight is 466 g/mol. The number of carbonyl (C=O) groups excluding carboxylic acids is 1. The first-order valence-electron chi connectivity index (χ1n) is 9.42. The van der Waals surface area contributed by atoms with Crippen LogP contribution in [0.1, 0.15) is 23.6 Å². The van der Waals surface area contributed by atoms with Gasteiger partial charge in [0, 0.05) is 24.1 Å². The summed E-state index contributed by atoms with van der Waals surface area (Å²) < 4.78 is 77.6. The van der Waals surface area contributed by atoms with E-state index < -0.39 is 27.7 Å². The van der Waals surface area contributed by atoms with Crippen molar-refractivity contribution in [1.82, 2.24) is 8.96 Å². The van der Waals surface area contributed by atoms with E-state index in [1.807, 2.05) is 0 Å². The van der Waals surface area contributed by atoms with E-state index in [0.29, 0.717) is 11.4 Å². The topological polar surface area (TPSA) is 91.4 Å². The molecule has 0 N–H and O–H groups in total. The fourth-order valence-electron chi connectivity index (χ4n) is 3.50. The van der Waals surface area contributed by atoms with Crippen molar-refractivity contribution < 1.29 is 35.5 Å². The zero-order valence-corrected chi connectivity index (χ0v) is 17.7. The first-order valence-corrected chi connectivity index (χ1v) is 10.9. The first-order chi connectivity index (χ1) is 15.0. The van der Waals surface area contributed by atoms with E-state index in [0.717, 1.165) is 22.2 Å². The molecule has 0 spiro atoms. The third-order valence-corrected chi connectivity index (χ3v) is 6.74. The highest BCUT2D eigenvalue weighted by atomic mass is 32.2. The molecule has 11 heteroatoms. The van der Waals surface area contributed by atoms with Gasteiger partial charge in [-0.15, -0.1) is 0 Å². The second kappa shape index (κ2) is 7.66. The standard InChI is InChI=1S/C21H17F3N2O5S/c1-12-25-17-6-5-16(11-19(17)31-12)32(28,29)26-15(4-8-20(27)30-2)10-13-9-14(21(22,23)24)3-7-18(13)26/h3,5-7,9-11H,4,8H2,1-2H3. The predicted molar refractivity (Wildman–Crippen MR) is 109 cm³/mol. The van der Waals surface area contributed by atoms with Crippen LogP contribution in [0, 0.1) is 6.92 Å². The Morgan fingerprint density at radius 2 is 1.91 bits per heavy atom. The zero-order valence-electron chi connectivity index (χ0n) is 16.9. The van der Waals surface area contributed by atoms with Crippen molar-refractivity contribution in [2.24, 2.45) is 0 Å². The molecule has 4 aromatic rings. The number of aryl methyl sites for hydroxylation is 2. The van der Waals surface area contributed by atoms with Crippen LogP contribution in [-0.2, 0) is 32.2 Å². The summed E-state index contributed by atoms with van der Waals surface area (Å²) in [6, 6.07) is 8.29. The molecule has 7 nitrogen and oxygen atoms in total. The number of rotatable bonds is 5. The minimum Gasteiger partial charge on any atom is -0.469 e. The van der Waals surface area contributed by atoms with Gasteiger partial charge >= 0.3 is 12.1 Å². The molecule has 0 atom stereocenters. The quantitative estimate of drug-likeness (QED) is 0.404. The number of esters is 1. The summed E-state index contributed by atoms with van der Waals surface area (Å²) in [6.07, 6.45) is -4.78. The van der Waals surface area contributed by atoms with Gasteiger partial charge in [0.25, 0.3) is 10.0 Å². The predicted octanol–water partition coefficient (Wildman–Crippen LogP) is 4.45. The van der Waals surface area contributed by atoms with Crippen molar-refractivity contribution >= 4 is 38.0 Å². The maximum Gasteiger partial charge on any atom is 0.416 e. The monoisotopic (exact) mass is 466 g/mol. The Morgan fingerprint density at radius 1 is 1.16 bits per heavy atom. The Bertz CT molecular complexity index is 1450. The summed E-state index contributed by atoms with van der Waals surface area (Å²) in [5.41, 5.74) is 0.0398. The van der Waals surface area contributed by atoms with Gasteiger partial charge < -0.3 is 9.15 Å². The van der Waals surface area contributed by atoms with Crippen LogP contribution >= 0.6 is 0 Å². The van der Waals surface area contributed by atoms with E-state index >= 15 is 0 Å². The number of benzene rings is 2. The van der Waals surface area contributed by atoms with Crippen molar-refractivity contribution in [2.45, 2.75) is 30.8 Å². The fourth-order valence-corrected chi connectivity index (χ4v) is 5.08. The summed E-state index contributed by atoms with van der Waals surface area (Å²) >= 11 is 0. The highest BCUT2D eigenvalue weighted by molar-refractivity contribution is 7.90. The molecule has 0 fully saturated rings. The maximum absolute atomic E-state index is 13.5. The summed E-state index contributed by atoms with van der Waals surface area (Å²) in [4.78, 5) is 15.6. The molecule has 0 saturated carbocycles. The van der Waals surface area contributed by atoms with Crippen LogP contribution in [0.5, 0.6) is 0 Å². The Kier molecular flexibility index (Phi) is 5.24. The third kappa shape index (κ3) is 3.83. The third-order valence-electron chi connectivity index (χ3n) is 4.97. The van der Waals surface area contributed by atoms with Gasteiger partial charge in [-0.3, -0.25) is 4.79 Å². The van der Waals surface area contributed by atoms with E-state index in [1.165, 1.54) is 31.4 Å². The van der Waals surface area contributed by atoms with Crippen LogP contribution in [0.25, 0.3) is 22.0 Å². The molecule has 2 aromatic carbocycles. The number of aromatic nitrogens is 2. The normalized spacial score (nSPS) is 12.5. The van der Waals surface area contributed by atoms with E-state index in [2.05, 4.69) is 9.72 Å². The summed E-state index contributed by atoms with van der Waals surface area (Å²) in [7, 11) is -3.05. The lowest BCUT2D eigenvalue weighted by Gasteiger charge is -2.12. The summed E-state index contributed by atoms with van der Waals surface area (Å²) in [6.45, 7) is 1.62. The summed E-state index contributed by atoms with van der Waals surface area (Å²) in [5.74, 6) is -0.215. The van der Waals surface area contributed by atoms with Crippen molar-refractivity contribution in [3.05, 3.63) is 59.6 Å². The second-order valence-electron chi connectivity index (χ2n) is 7.12. The molecule has 2 aromatic heterocycles. The molecule has 0 aliphatic carbocycles. The number of nitrogens with zero attached hydrogens (tertiary/aromatic N) is 2. The number of methoxy groups -OCH3 is 1. The van der Waals surface area contributed by atoms with Gasteiger partial charge in [-0.1, -0.05) is 0 Å². The van der Waals surface area contributed by atoms with Crippen LogP contribution in [-0.4, -0.2) is 30.5 Å². The molecule has 0 saturated heterocycles. The lowest BCUT2D eigenvalue weighted by Crippen LogP contribution is -2.16. The Hall–Kier alpha value is -3.34. The van der Waals surface area contributed by atoms with Gasteiger partial charge in [-0.25, -0.2) is 17.4 Å². The molecule has 0 aliphatic heterocycles. The Morgan fingerprint density at radius 3 is 2.59 bits per heavy atom. The van der Waals surface area contributed by atoms with E-state index in [9.17, 15) is 26.4 Å². The molecule has 0 radical (unpaired) electrons. The Balaban J connectivity index is 1.91. The minimum absolute atomic E-state index is 0.0500. The van der Waals surface area contributed by atoms with Crippen LogP contribution in [0.3, 0.4) is 0 Å². The molecule has 32 heavy (non-hydrogen) atoms. The van der Waals surface area contributed by atoms with Gasteiger partial charge in [0.1, 0.15) is 5.52 Å². The number of carbonyl (C=O) groups is 1. The number of fused-ring (bicyclic) bond motifs is 2. The number of halogens is 3. The second-order valence-corrected chi connectivity index (χ2v) is 8.90. The van der Waals surface area contributed by atoms with Crippen molar-refractivity contribution in [2.75, 3.05) is 7.11 Å². The van der Waals surface area contributed by atoms with E-state index in [4.69, 9.17) is 4.42 Å². The molecular weight excluding hydrogens is 449 g/mol. The zero-order chi connectivity index (χ0) is 23.3. The van der Waals surface area contributed by atoms with Gasteiger partial charge in [0.05, 0.1) is 29.5 Å². The molecule has 0 bridgehead atoms. The van der Waals surface area contributed by atoms with Crippen molar-refractivity contribution in [3.8, 4) is 0 Å². The van der Waals surface area contributed by atoms with Gasteiger partial charge in [0.2, 0.25) is 0 Å². The lowest BCUT2D eigenvalue weighted by atomic mass is 10.1. The van der Waals surface area contributed by atoms with Crippen LogP contribution < -0.4 is 0 Å². The van der Waals surface area contributed by atoms with Gasteiger partial charge in [-0.05, 0) is 42.8 Å². The molecule has 0 aliphatic rings. The maximum atomic E-state index is 13.5. The SMILES string of the molecule is COC(=O)CCc1cc2cc(C(F)(F)F)ccc2n1S(=O)(=O)c1ccc2nc(C)oc2c1. The number of hydrogen-bond donors (Lipinski definition) is 0. The lowest BCUT2D eigenvalue weighted by molar-refractivity contribution is -0.140. The van der Waals surface area contributed by atoms with Crippen LogP contribution in [0.2, 0.25) is 0 Å². The average Bonchev–Trinajstić information content (AvgIpc) is 3.29. The van der Waals surface area contributed by atoms with Crippen molar-refractivity contribution in [1.29, 1.82) is 0 Å². The van der Waals surface area contributed by atoms with Crippen molar-refractivity contribution in [3.63, 3.8) is 0 Å². The Labute approximate surface area is 180 Å². The van der Waals surface area contributed by atoms with E-state index in [1.54, 1.807) is 6.92 Å². The number of oxazole rings is 1. The minimum atomic E-state index is -4.59. The van der Waals surface area contributed by atoms with Crippen LogP contribution in [0.4, 0.5) is 13.2 Å². The molecule has 0 unspecified atom stereocenters. The van der Waals surface area contributed by atoms with Gasteiger partial charge in [-0.2, -0.15) is 13.2 Å². The highest BCUT2D eigenvalue weighted by Crippen LogP contribution is 2.34.